The predicted octanol–water partition coefficient (Wildman–Crippen LogP) is 2.06. The van der Waals surface area contributed by atoms with Gasteiger partial charge in [0.25, 0.3) is 10.0 Å². The van der Waals surface area contributed by atoms with Gasteiger partial charge in [-0.2, -0.15) is 13.5 Å². The SMILES string of the molecule is CC(=NNS(=O)(=O)c1ccc(C)cc1)C1CC1. The van der Waals surface area contributed by atoms with E-state index in [2.05, 4.69) is 9.93 Å². The van der Waals surface area contributed by atoms with Gasteiger partial charge in [-0.05, 0) is 44.7 Å². The molecule has 0 atom stereocenters. The summed E-state index contributed by atoms with van der Waals surface area (Å²) >= 11 is 0. The van der Waals surface area contributed by atoms with Crippen molar-refractivity contribution in [2.75, 3.05) is 0 Å². The van der Waals surface area contributed by atoms with E-state index in [4.69, 9.17) is 0 Å². The van der Waals surface area contributed by atoms with Crippen molar-refractivity contribution in [2.24, 2.45) is 11.0 Å². The second kappa shape index (κ2) is 4.49. The molecule has 1 saturated carbocycles. The molecule has 0 aromatic heterocycles. The van der Waals surface area contributed by atoms with Gasteiger partial charge in [-0.15, -0.1) is 0 Å². The van der Waals surface area contributed by atoms with Gasteiger partial charge in [-0.25, -0.2) is 4.83 Å². The average Bonchev–Trinajstić information content (AvgIpc) is 3.10. The van der Waals surface area contributed by atoms with Gasteiger partial charge in [0.05, 0.1) is 4.90 Å². The molecule has 0 saturated heterocycles. The van der Waals surface area contributed by atoms with Crippen molar-refractivity contribution in [3.63, 3.8) is 0 Å². The number of sulfonamides is 1. The number of hydrogen-bond acceptors (Lipinski definition) is 3. The molecule has 1 aromatic carbocycles. The van der Waals surface area contributed by atoms with E-state index in [0.29, 0.717) is 5.92 Å². The highest BCUT2D eigenvalue weighted by Gasteiger charge is 2.25. The van der Waals surface area contributed by atoms with Crippen molar-refractivity contribution in [3.8, 4) is 0 Å². The molecule has 1 N–H and O–H groups in total. The largest absolute Gasteiger partial charge is 0.276 e. The van der Waals surface area contributed by atoms with E-state index >= 15 is 0 Å². The fourth-order valence-electron chi connectivity index (χ4n) is 1.49. The van der Waals surface area contributed by atoms with Crippen molar-refractivity contribution < 1.29 is 8.42 Å². The Hall–Kier alpha value is -1.36. The van der Waals surface area contributed by atoms with Crippen molar-refractivity contribution >= 4 is 15.7 Å². The molecule has 0 spiro atoms. The third-order valence-electron chi connectivity index (χ3n) is 2.84. The number of aryl methyl sites for hydroxylation is 1. The Morgan fingerprint density at radius 1 is 1.29 bits per heavy atom. The summed E-state index contributed by atoms with van der Waals surface area (Å²) < 4.78 is 23.7. The zero-order chi connectivity index (χ0) is 12.5. The van der Waals surface area contributed by atoms with Gasteiger partial charge in [0, 0.05) is 5.71 Å². The van der Waals surface area contributed by atoms with E-state index in [9.17, 15) is 8.42 Å². The molecule has 0 heterocycles. The van der Waals surface area contributed by atoms with E-state index in [1.54, 1.807) is 24.3 Å². The zero-order valence-electron chi connectivity index (χ0n) is 9.97. The van der Waals surface area contributed by atoms with Crippen LogP contribution in [0.15, 0.2) is 34.3 Å². The first-order chi connectivity index (χ1) is 7.99. The molecule has 1 aromatic rings. The number of hydrogen-bond donors (Lipinski definition) is 1. The maximum absolute atomic E-state index is 11.9. The first-order valence-electron chi connectivity index (χ1n) is 5.62. The third-order valence-corrected chi connectivity index (χ3v) is 4.07. The number of nitrogens with zero attached hydrogens (tertiary/aromatic N) is 1. The maximum Gasteiger partial charge on any atom is 0.276 e. The zero-order valence-corrected chi connectivity index (χ0v) is 10.8. The number of rotatable bonds is 4. The molecule has 1 fully saturated rings. The van der Waals surface area contributed by atoms with Crippen LogP contribution in [0.3, 0.4) is 0 Å². The molecular formula is C12H16N2O2S. The highest BCUT2D eigenvalue weighted by Crippen LogP contribution is 2.30. The topological polar surface area (TPSA) is 58.5 Å². The van der Waals surface area contributed by atoms with Crippen LogP contribution in [0.25, 0.3) is 0 Å². The molecule has 0 amide bonds. The van der Waals surface area contributed by atoms with Crippen molar-refractivity contribution in [1.29, 1.82) is 0 Å². The summed E-state index contributed by atoms with van der Waals surface area (Å²) in [7, 11) is -3.52. The normalized spacial score (nSPS) is 16.9. The molecule has 4 nitrogen and oxygen atoms in total. The van der Waals surface area contributed by atoms with Crippen LogP contribution >= 0.6 is 0 Å². The van der Waals surface area contributed by atoms with E-state index in [0.717, 1.165) is 24.1 Å². The van der Waals surface area contributed by atoms with E-state index in [1.165, 1.54) is 0 Å². The average molecular weight is 252 g/mol. The van der Waals surface area contributed by atoms with E-state index in [-0.39, 0.29) is 4.90 Å². The molecule has 0 bridgehead atoms. The van der Waals surface area contributed by atoms with Crippen LogP contribution in [0.2, 0.25) is 0 Å². The standard InChI is InChI=1S/C12H16N2O2S/c1-9-3-7-12(8-4-9)17(15,16)14-13-10(2)11-5-6-11/h3-4,7-8,11,14H,5-6H2,1-2H3. The Kier molecular flexibility index (Phi) is 3.19. The van der Waals surface area contributed by atoms with Crippen LogP contribution in [0.1, 0.15) is 25.3 Å². The van der Waals surface area contributed by atoms with Gasteiger partial charge in [0.1, 0.15) is 0 Å². The summed E-state index contributed by atoms with van der Waals surface area (Å²) in [5, 5.41) is 3.94. The molecule has 1 aliphatic carbocycles. The molecule has 17 heavy (non-hydrogen) atoms. The summed E-state index contributed by atoms with van der Waals surface area (Å²) in [6, 6.07) is 6.71. The minimum Gasteiger partial charge on any atom is -0.200 e. The molecular weight excluding hydrogens is 236 g/mol. The van der Waals surface area contributed by atoms with E-state index < -0.39 is 10.0 Å². The smallest absolute Gasteiger partial charge is 0.200 e. The van der Waals surface area contributed by atoms with Gasteiger partial charge >= 0.3 is 0 Å². The molecule has 0 radical (unpaired) electrons. The van der Waals surface area contributed by atoms with Crippen LogP contribution in [0.4, 0.5) is 0 Å². The second-order valence-electron chi connectivity index (χ2n) is 4.44. The number of nitrogens with one attached hydrogen (secondary N) is 1. The summed E-state index contributed by atoms with van der Waals surface area (Å²) in [6.07, 6.45) is 2.23. The summed E-state index contributed by atoms with van der Waals surface area (Å²) in [6.45, 7) is 3.77. The van der Waals surface area contributed by atoms with Crippen molar-refractivity contribution in [1.82, 2.24) is 4.83 Å². The Morgan fingerprint density at radius 2 is 1.88 bits per heavy atom. The fraction of sp³-hybridized carbons (Fsp3) is 0.417. The van der Waals surface area contributed by atoms with Gasteiger partial charge < -0.3 is 0 Å². The predicted molar refractivity (Wildman–Crippen MR) is 67.3 cm³/mol. The van der Waals surface area contributed by atoms with Gasteiger partial charge in [0.2, 0.25) is 0 Å². The molecule has 92 valence electrons. The lowest BCUT2D eigenvalue weighted by Gasteiger charge is -2.04. The Bertz CT molecular complexity index is 528. The van der Waals surface area contributed by atoms with Crippen LogP contribution in [0.5, 0.6) is 0 Å². The minimum atomic E-state index is -3.52. The van der Waals surface area contributed by atoms with Crippen molar-refractivity contribution in [2.45, 2.75) is 31.6 Å². The van der Waals surface area contributed by atoms with Gasteiger partial charge in [0.15, 0.2) is 0 Å². The van der Waals surface area contributed by atoms with Crippen LogP contribution in [0, 0.1) is 12.8 Å². The van der Waals surface area contributed by atoms with Crippen LogP contribution < -0.4 is 4.83 Å². The fourth-order valence-corrected chi connectivity index (χ4v) is 2.36. The summed E-state index contributed by atoms with van der Waals surface area (Å²) in [5.41, 5.74) is 1.89. The Balaban J connectivity index is 2.13. The quantitative estimate of drug-likeness (QED) is 0.658. The monoisotopic (exact) mass is 252 g/mol. The molecule has 5 heteroatoms. The van der Waals surface area contributed by atoms with Crippen LogP contribution in [-0.2, 0) is 10.0 Å². The lowest BCUT2D eigenvalue weighted by atomic mass is 10.2. The Morgan fingerprint density at radius 3 is 2.41 bits per heavy atom. The molecule has 2 rings (SSSR count). The van der Waals surface area contributed by atoms with Crippen molar-refractivity contribution in [3.05, 3.63) is 29.8 Å². The molecule has 0 aliphatic heterocycles. The van der Waals surface area contributed by atoms with Gasteiger partial charge in [-0.1, -0.05) is 17.7 Å². The lowest BCUT2D eigenvalue weighted by Crippen LogP contribution is -2.20. The van der Waals surface area contributed by atoms with E-state index in [1.807, 2.05) is 13.8 Å². The lowest BCUT2D eigenvalue weighted by molar-refractivity contribution is 0.584. The molecule has 1 aliphatic rings. The molecule has 0 unspecified atom stereocenters. The number of hydrazone groups is 1. The number of benzene rings is 1. The van der Waals surface area contributed by atoms with Crippen LogP contribution in [-0.4, -0.2) is 14.1 Å². The maximum atomic E-state index is 11.9. The second-order valence-corrected chi connectivity index (χ2v) is 6.10. The summed E-state index contributed by atoms with van der Waals surface area (Å²) in [4.78, 5) is 2.52. The first-order valence-corrected chi connectivity index (χ1v) is 7.10. The Labute approximate surface area is 102 Å². The third kappa shape index (κ3) is 3.06. The first kappa shape index (κ1) is 12.1. The highest BCUT2D eigenvalue weighted by atomic mass is 32.2. The van der Waals surface area contributed by atoms with Gasteiger partial charge in [-0.3, -0.25) is 0 Å². The highest BCUT2D eigenvalue weighted by molar-refractivity contribution is 7.89. The summed E-state index contributed by atoms with van der Waals surface area (Å²) in [5.74, 6) is 0.468. The minimum absolute atomic E-state index is 0.246.